The molecule has 0 aliphatic heterocycles. The molecule has 1 rings (SSSR count). The van der Waals surface area contributed by atoms with Crippen LogP contribution in [-0.2, 0) is 0 Å². The summed E-state index contributed by atoms with van der Waals surface area (Å²) in [5, 5.41) is 0. The van der Waals surface area contributed by atoms with Crippen LogP contribution in [0.15, 0.2) is 58.2 Å². The molecule has 0 bridgehead atoms. The highest BCUT2D eigenvalue weighted by atomic mass is 127. The van der Waals surface area contributed by atoms with Gasteiger partial charge in [-0.25, -0.2) is 0 Å². The van der Waals surface area contributed by atoms with Gasteiger partial charge in [-0.15, -0.1) is 0 Å². The molecule has 0 aromatic rings. The molecule has 1 aliphatic rings. The maximum atomic E-state index is 4.96. The lowest BCUT2D eigenvalue weighted by Gasteiger charge is -2.22. The average molecular weight is 400 g/mol. The van der Waals surface area contributed by atoms with Crippen LogP contribution in [0.3, 0.4) is 0 Å². The Bertz CT molecular complexity index is 536. The van der Waals surface area contributed by atoms with Gasteiger partial charge in [-0.3, -0.25) is 0 Å². The summed E-state index contributed by atoms with van der Waals surface area (Å²) in [6.45, 7) is 17.0. The Labute approximate surface area is 143 Å². The zero-order chi connectivity index (χ0) is 15.7. The zero-order valence-corrected chi connectivity index (χ0v) is 16.4. The lowest BCUT2D eigenvalue weighted by atomic mass is 9.99. The van der Waals surface area contributed by atoms with Gasteiger partial charge in [-0.05, 0) is 55.9 Å². The molecule has 0 aromatic carbocycles. The van der Waals surface area contributed by atoms with Crippen LogP contribution in [0.4, 0.5) is 0 Å². The molecule has 2 heteroatoms. The number of rotatable bonds is 4. The lowest BCUT2D eigenvalue weighted by molar-refractivity contribution is 0.767. The van der Waals surface area contributed by atoms with Crippen LogP contribution in [0, 0.1) is 5.92 Å². The highest BCUT2D eigenvalue weighted by molar-refractivity contribution is 14.1. The molecule has 0 radical (unpaired) electrons. The van der Waals surface area contributed by atoms with Crippen molar-refractivity contribution in [1.29, 1.82) is 0 Å². The molecule has 0 spiro atoms. The Morgan fingerprint density at radius 2 is 1.75 bits per heavy atom. The van der Waals surface area contributed by atoms with Gasteiger partial charge in [0.05, 0.1) is 0 Å². The fourth-order valence-corrected chi connectivity index (χ4v) is 3.67. The second-order valence-electron chi connectivity index (χ2n) is 5.96. The quantitative estimate of drug-likeness (QED) is 0.314. The van der Waals surface area contributed by atoms with Crippen LogP contribution in [0.1, 0.15) is 41.5 Å². The van der Waals surface area contributed by atoms with Crippen molar-refractivity contribution in [1.82, 2.24) is 0 Å². The number of halogens is 1. The average Bonchev–Trinajstić information content (AvgIpc) is 2.49. The van der Waals surface area contributed by atoms with Crippen molar-refractivity contribution in [2.24, 2.45) is 5.92 Å². The maximum Gasteiger partial charge on any atom is 0.115 e. The zero-order valence-electron chi connectivity index (χ0n) is 13.3. The maximum absolute atomic E-state index is 4.96. The van der Waals surface area contributed by atoms with Crippen molar-refractivity contribution < 1.29 is 0 Å². The van der Waals surface area contributed by atoms with E-state index in [2.05, 4.69) is 82.9 Å². The molecule has 1 aliphatic carbocycles. The van der Waals surface area contributed by atoms with Crippen LogP contribution in [0.2, 0.25) is 0 Å². The summed E-state index contributed by atoms with van der Waals surface area (Å²) in [6.07, 6.45) is 6.49. The summed E-state index contributed by atoms with van der Waals surface area (Å²) in [5.41, 5.74) is 7.71. The molecule has 0 saturated carbocycles. The van der Waals surface area contributed by atoms with Crippen LogP contribution in [0.25, 0.3) is 0 Å². The van der Waals surface area contributed by atoms with E-state index in [-0.39, 0.29) is 2.75 Å². The number of allylic oxidation sites excluding steroid dienone is 7. The predicted molar refractivity (Wildman–Crippen MR) is 104 cm³/mol. The third-order valence-corrected chi connectivity index (χ3v) is 5.38. The first-order chi connectivity index (χ1) is 9.12. The second kappa shape index (κ2) is 6.69. The summed E-state index contributed by atoms with van der Waals surface area (Å²) in [5.74, 6) is 0.551. The minimum absolute atomic E-state index is 0.279. The van der Waals surface area contributed by atoms with Gasteiger partial charge in [0.25, 0.3) is 0 Å². The third-order valence-electron chi connectivity index (χ3n) is 3.73. The van der Waals surface area contributed by atoms with Crippen molar-refractivity contribution in [2.75, 3.05) is 0 Å². The van der Waals surface area contributed by atoms with Crippen LogP contribution >= 0.6 is 35.2 Å². The van der Waals surface area contributed by atoms with Crippen molar-refractivity contribution in [3.63, 3.8) is 0 Å². The fourth-order valence-electron chi connectivity index (χ4n) is 2.24. The summed E-state index contributed by atoms with van der Waals surface area (Å²) < 4.78 is -0.279. The Hall–Kier alpha value is -0.220. The molecular weight excluding hydrogens is 375 g/mol. The van der Waals surface area contributed by atoms with E-state index in [1.165, 1.54) is 33.4 Å². The number of thiol groups is 1. The van der Waals surface area contributed by atoms with E-state index in [1.54, 1.807) is 0 Å². The normalized spacial score (nSPS) is 23.8. The Morgan fingerprint density at radius 1 is 1.20 bits per heavy atom. The first-order valence-electron chi connectivity index (χ1n) is 6.96. The van der Waals surface area contributed by atoms with Crippen molar-refractivity contribution >= 4 is 35.2 Å². The fraction of sp³-hybridized carbons (Fsp3) is 0.444. The van der Waals surface area contributed by atoms with E-state index in [1.807, 2.05) is 6.08 Å². The third kappa shape index (κ3) is 3.51. The molecule has 1 unspecified atom stereocenters. The molecule has 0 saturated heterocycles. The van der Waals surface area contributed by atoms with Crippen molar-refractivity contribution in [3.05, 3.63) is 58.2 Å². The van der Waals surface area contributed by atoms with E-state index >= 15 is 0 Å². The van der Waals surface area contributed by atoms with E-state index in [0.717, 1.165) is 0 Å². The molecule has 1 atom stereocenters. The topological polar surface area (TPSA) is 0 Å². The van der Waals surface area contributed by atoms with Gasteiger partial charge in [0.15, 0.2) is 0 Å². The molecule has 0 amide bonds. The van der Waals surface area contributed by atoms with Gasteiger partial charge in [-0.1, -0.05) is 72.4 Å². The minimum Gasteiger partial charge on any atom is -0.152 e. The standard InChI is InChI=1S/C18H25IS/c1-8-15-14(7)16(10-13(6)12(4)5)18(19,20)17(15)9-11(2)3/h8-10,12,20H,1H2,2-7H3/b13-10+. The summed E-state index contributed by atoms with van der Waals surface area (Å²) in [6, 6.07) is 0. The van der Waals surface area contributed by atoms with Crippen LogP contribution in [-0.4, -0.2) is 2.75 Å². The monoisotopic (exact) mass is 400 g/mol. The lowest BCUT2D eigenvalue weighted by Crippen LogP contribution is -2.14. The first-order valence-corrected chi connectivity index (χ1v) is 8.48. The van der Waals surface area contributed by atoms with Gasteiger partial charge in [0.1, 0.15) is 2.75 Å². The number of hydrogen-bond acceptors (Lipinski definition) is 1. The van der Waals surface area contributed by atoms with E-state index in [4.69, 9.17) is 12.6 Å². The summed E-state index contributed by atoms with van der Waals surface area (Å²) in [7, 11) is 0. The molecule has 20 heavy (non-hydrogen) atoms. The van der Waals surface area contributed by atoms with Crippen molar-refractivity contribution in [2.45, 2.75) is 44.3 Å². The molecule has 0 nitrogen and oxygen atoms in total. The van der Waals surface area contributed by atoms with Gasteiger partial charge in [0, 0.05) is 0 Å². The van der Waals surface area contributed by atoms with Gasteiger partial charge in [-0.2, -0.15) is 12.6 Å². The SMILES string of the molecule is C=CC1=C(C=C(C)C)C(S)(I)C(/C=C(\C)C(C)C)=C1C. The molecule has 110 valence electrons. The molecule has 0 fully saturated rings. The molecular formula is C18H25IS. The van der Waals surface area contributed by atoms with E-state index in [9.17, 15) is 0 Å². The predicted octanol–water partition coefficient (Wildman–Crippen LogP) is 6.43. The molecule has 0 aromatic heterocycles. The van der Waals surface area contributed by atoms with Gasteiger partial charge < -0.3 is 0 Å². The van der Waals surface area contributed by atoms with Gasteiger partial charge in [0.2, 0.25) is 0 Å². The largest absolute Gasteiger partial charge is 0.152 e. The number of hydrogen-bond donors (Lipinski definition) is 1. The Morgan fingerprint density at radius 3 is 2.15 bits per heavy atom. The minimum atomic E-state index is -0.279. The Kier molecular flexibility index (Phi) is 5.97. The van der Waals surface area contributed by atoms with Crippen molar-refractivity contribution in [3.8, 4) is 0 Å². The number of alkyl halides is 1. The van der Waals surface area contributed by atoms with Crippen LogP contribution < -0.4 is 0 Å². The van der Waals surface area contributed by atoms with Gasteiger partial charge >= 0.3 is 0 Å². The summed E-state index contributed by atoms with van der Waals surface area (Å²) in [4.78, 5) is 0. The summed E-state index contributed by atoms with van der Waals surface area (Å²) >= 11 is 7.41. The van der Waals surface area contributed by atoms with Crippen LogP contribution in [0.5, 0.6) is 0 Å². The second-order valence-corrected chi connectivity index (χ2v) is 9.10. The van der Waals surface area contributed by atoms with E-state index < -0.39 is 0 Å². The molecule has 0 heterocycles. The smallest absolute Gasteiger partial charge is 0.115 e. The highest BCUT2D eigenvalue weighted by Gasteiger charge is 2.38. The molecule has 0 N–H and O–H groups in total. The highest BCUT2D eigenvalue weighted by Crippen LogP contribution is 2.51. The first kappa shape index (κ1) is 17.8. The van der Waals surface area contributed by atoms with E-state index in [0.29, 0.717) is 5.92 Å². The Balaban J connectivity index is 3.47.